The average molecular weight is 330 g/mol. The Hall–Kier alpha value is -0.660. The van der Waals surface area contributed by atoms with Crippen molar-refractivity contribution in [3.05, 3.63) is 6.42 Å². The van der Waals surface area contributed by atoms with Crippen LogP contribution in [0.5, 0.6) is 0 Å². The van der Waals surface area contributed by atoms with Gasteiger partial charge in [0.25, 0.3) is 0 Å². The van der Waals surface area contributed by atoms with Crippen LogP contribution in [0.2, 0.25) is 0 Å². The van der Waals surface area contributed by atoms with E-state index in [0.29, 0.717) is 38.5 Å². The van der Waals surface area contributed by atoms with E-state index in [-0.39, 0.29) is 11.7 Å². The van der Waals surface area contributed by atoms with Crippen LogP contribution in [0.25, 0.3) is 0 Å². The van der Waals surface area contributed by atoms with Gasteiger partial charge < -0.3 is 10.2 Å². The molecule has 0 aromatic rings. The van der Waals surface area contributed by atoms with Crippen molar-refractivity contribution in [2.24, 2.45) is 5.92 Å². The maximum Gasteiger partial charge on any atom is 0.219 e. The van der Waals surface area contributed by atoms with E-state index in [9.17, 15) is 13.2 Å². The molecule has 127 valence electrons. The molecule has 22 heavy (non-hydrogen) atoms. The first-order valence-electron chi connectivity index (χ1n) is 8.26. The smallest absolute Gasteiger partial charge is 0.219 e. The second-order valence-electron chi connectivity index (χ2n) is 6.19. The molecule has 1 amide bonds. The number of amides is 1. The summed E-state index contributed by atoms with van der Waals surface area (Å²) in [5.74, 6) is 0.880. The van der Waals surface area contributed by atoms with Crippen molar-refractivity contribution in [2.45, 2.75) is 32.6 Å². The first-order chi connectivity index (χ1) is 10.5. The molecule has 2 aliphatic rings. The van der Waals surface area contributed by atoms with Gasteiger partial charge in [-0.15, -0.1) is 0 Å². The van der Waals surface area contributed by atoms with Crippen molar-refractivity contribution >= 4 is 15.9 Å². The summed E-state index contributed by atoms with van der Waals surface area (Å²) in [5, 5.41) is 3.33. The van der Waals surface area contributed by atoms with Crippen LogP contribution < -0.4 is 5.32 Å². The van der Waals surface area contributed by atoms with Crippen LogP contribution in [-0.4, -0.2) is 68.6 Å². The van der Waals surface area contributed by atoms with E-state index < -0.39 is 10.0 Å². The highest BCUT2D eigenvalue weighted by Gasteiger charge is 2.27. The summed E-state index contributed by atoms with van der Waals surface area (Å²) in [4.78, 5) is 13.0. The van der Waals surface area contributed by atoms with E-state index in [1.807, 2.05) is 0 Å². The number of rotatable bonds is 6. The molecule has 0 atom stereocenters. The Morgan fingerprint density at radius 2 is 1.82 bits per heavy atom. The summed E-state index contributed by atoms with van der Waals surface area (Å²) >= 11 is 0. The Bertz CT molecular complexity index is 453. The number of nitrogens with one attached hydrogen (secondary N) is 1. The fraction of sp³-hybridized carbons (Fsp3) is 0.867. The zero-order valence-electron chi connectivity index (χ0n) is 13.5. The highest BCUT2D eigenvalue weighted by atomic mass is 32.2. The molecule has 0 bridgehead atoms. The van der Waals surface area contributed by atoms with Crippen LogP contribution >= 0.6 is 0 Å². The van der Waals surface area contributed by atoms with Gasteiger partial charge in [-0.2, -0.15) is 4.31 Å². The van der Waals surface area contributed by atoms with Crippen molar-refractivity contribution in [2.75, 3.05) is 45.0 Å². The SMILES string of the molecule is CC(=O)N1CCN(S(=O)(=O)CCC[CH]C2CCNCC2)CC1. The van der Waals surface area contributed by atoms with Gasteiger partial charge in [-0.25, -0.2) is 8.42 Å². The first-order valence-corrected chi connectivity index (χ1v) is 9.87. The fourth-order valence-corrected chi connectivity index (χ4v) is 4.62. The molecule has 1 N–H and O–H groups in total. The Balaban J connectivity index is 1.66. The van der Waals surface area contributed by atoms with E-state index in [4.69, 9.17) is 0 Å². The third-order valence-corrected chi connectivity index (χ3v) is 6.52. The summed E-state index contributed by atoms with van der Waals surface area (Å²) in [6.07, 6.45) is 6.19. The Morgan fingerprint density at radius 1 is 1.18 bits per heavy atom. The largest absolute Gasteiger partial charge is 0.340 e. The van der Waals surface area contributed by atoms with Crippen molar-refractivity contribution < 1.29 is 13.2 Å². The van der Waals surface area contributed by atoms with Crippen LogP contribution in [0.4, 0.5) is 0 Å². The molecule has 0 spiro atoms. The van der Waals surface area contributed by atoms with E-state index in [1.54, 1.807) is 4.90 Å². The minimum absolute atomic E-state index is 0.0219. The van der Waals surface area contributed by atoms with Gasteiger partial charge in [0.2, 0.25) is 15.9 Å². The van der Waals surface area contributed by atoms with Crippen LogP contribution in [0.3, 0.4) is 0 Å². The van der Waals surface area contributed by atoms with E-state index in [2.05, 4.69) is 11.7 Å². The number of unbranched alkanes of at least 4 members (excludes halogenated alkanes) is 1. The van der Waals surface area contributed by atoms with Gasteiger partial charge in [0.1, 0.15) is 0 Å². The number of carbonyl (C=O) groups is 1. The maximum atomic E-state index is 12.3. The Kier molecular flexibility index (Phi) is 6.65. The monoisotopic (exact) mass is 330 g/mol. The zero-order chi connectivity index (χ0) is 16.0. The number of piperazine rings is 1. The number of carbonyl (C=O) groups excluding carboxylic acids is 1. The van der Waals surface area contributed by atoms with Gasteiger partial charge in [-0.1, -0.05) is 0 Å². The fourth-order valence-electron chi connectivity index (χ4n) is 3.11. The molecule has 2 aliphatic heterocycles. The van der Waals surface area contributed by atoms with Gasteiger partial charge in [0, 0.05) is 33.1 Å². The van der Waals surface area contributed by atoms with Crippen LogP contribution in [0.15, 0.2) is 0 Å². The molecule has 0 aliphatic carbocycles. The van der Waals surface area contributed by atoms with Gasteiger partial charge >= 0.3 is 0 Å². The summed E-state index contributed by atoms with van der Waals surface area (Å²) in [6, 6.07) is 0. The molecule has 0 aromatic heterocycles. The van der Waals surface area contributed by atoms with E-state index in [0.717, 1.165) is 19.5 Å². The second-order valence-corrected chi connectivity index (χ2v) is 8.27. The molecule has 2 heterocycles. The summed E-state index contributed by atoms with van der Waals surface area (Å²) in [6.45, 7) is 5.55. The predicted octanol–water partition coefficient (Wildman–Crippen LogP) is 0.464. The summed E-state index contributed by atoms with van der Waals surface area (Å²) in [7, 11) is -3.17. The van der Waals surface area contributed by atoms with Gasteiger partial charge in [0.05, 0.1) is 5.75 Å². The number of hydrogen-bond donors (Lipinski definition) is 1. The van der Waals surface area contributed by atoms with Gasteiger partial charge in [-0.3, -0.25) is 4.79 Å². The van der Waals surface area contributed by atoms with Crippen molar-refractivity contribution in [1.82, 2.24) is 14.5 Å². The lowest BCUT2D eigenvalue weighted by Gasteiger charge is -2.33. The topological polar surface area (TPSA) is 69.7 Å². The highest BCUT2D eigenvalue weighted by molar-refractivity contribution is 7.89. The molecule has 2 fully saturated rings. The lowest BCUT2D eigenvalue weighted by molar-refractivity contribution is -0.129. The highest BCUT2D eigenvalue weighted by Crippen LogP contribution is 2.18. The zero-order valence-corrected chi connectivity index (χ0v) is 14.3. The van der Waals surface area contributed by atoms with Crippen molar-refractivity contribution in [1.29, 1.82) is 0 Å². The minimum Gasteiger partial charge on any atom is -0.340 e. The molecule has 7 heteroatoms. The van der Waals surface area contributed by atoms with E-state index in [1.165, 1.54) is 24.1 Å². The molecule has 0 aromatic carbocycles. The number of sulfonamides is 1. The van der Waals surface area contributed by atoms with Crippen LogP contribution in [0.1, 0.15) is 32.6 Å². The van der Waals surface area contributed by atoms with Crippen molar-refractivity contribution in [3.8, 4) is 0 Å². The minimum atomic E-state index is -3.17. The molecule has 0 unspecified atom stereocenters. The standard InChI is InChI=1S/C15H28N3O3S/c1-14(19)17-9-11-18(12-10-17)22(20,21)13-3-2-4-15-5-7-16-8-6-15/h4,15-16H,2-3,5-13H2,1H3. The molecular formula is C15H28N3O3S. The molecular weight excluding hydrogens is 302 g/mol. The summed E-state index contributed by atoms with van der Waals surface area (Å²) < 4.78 is 26.2. The van der Waals surface area contributed by atoms with Crippen molar-refractivity contribution in [3.63, 3.8) is 0 Å². The van der Waals surface area contributed by atoms with Crippen LogP contribution in [-0.2, 0) is 14.8 Å². The third kappa shape index (κ3) is 5.21. The molecule has 2 saturated heterocycles. The number of nitrogens with zero attached hydrogens (tertiary/aromatic N) is 2. The lowest BCUT2D eigenvalue weighted by atomic mass is 9.93. The maximum absolute atomic E-state index is 12.3. The number of hydrogen-bond acceptors (Lipinski definition) is 4. The van der Waals surface area contributed by atoms with Gasteiger partial charge in [0.15, 0.2) is 0 Å². The normalized spacial score (nSPS) is 22.0. The van der Waals surface area contributed by atoms with Crippen LogP contribution in [0, 0.1) is 12.3 Å². The van der Waals surface area contributed by atoms with Gasteiger partial charge in [-0.05, 0) is 51.1 Å². The van der Waals surface area contributed by atoms with E-state index >= 15 is 0 Å². The molecule has 0 saturated carbocycles. The quantitative estimate of drug-likeness (QED) is 0.719. The first kappa shape index (κ1) is 17.7. The third-order valence-electron chi connectivity index (χ3n) is 4.57. The average Bonchev–Trinajstić information content (AvgIpc) is 2.53. The predicted molar refractivity (Wildman–Crippen MR) is 86.7 cm³/mol. The molecule has 1 radical (unpaired) electrons. The Labute approximate surface area is 134 Å². The molecule has 2 rings (SSSR count). The lowest BCUT2D eigenvalue weighted by Crippen LogP contribution is -2.50. The number of piperidine rings is 1. The molecule has 6 nitrogen and oxygen atoms in total. The second kappa shape index (κ2) is 8.26. The Morgan fingerprint density at radius 3 is 2.41 bits per heavy atom. The summed E-state index contributed by atoms with van der Waals surface area (Å²) in [5.41, 5.74) is 0.